The molecule has 0 unspecified atom stereocenters. The second-order valence-electron chi connectivity index (χ2n) is 6.40. The first-order chi connectivity index (χ1) is 11.8. The van der Waals surface area contributed by atoms with E-state index in [4.69, 9.17) is 0 Å². The zero-order valence-corrected chi connectivity index (χ0v) is 13.7. The van der Waals surface area contributed by atoms with E-state index in [1.807, 2.05) is 29.2 Å². The van der Waals surface area contributed by atoms with Gasteiger partial charge >= 0.3 is 0 Å². The normalized spacial score (nSPS) is 15.4. The van der Waals surface area contributed by atoms with Crippen molar-refractivity contribution in [1.82, 2.24) is 15.1 Å². The maximum Gasteiger partial charge on any atom is 0.271 e. The summed E-state index contributed by atoms with van der Waals surface area (Å²) in [4.78, 5) is 14.7. The number of rotatable bonds is 2. The highest BCUT2D eigenvalue weighted by molar-refractivity contribution is 5.98. The van der Waals surface area contributed by atoms with Crippen LogP contribution in [0.2, 0.25) is 0 Å². The minimum absolute atomic E-state index is 0.0656. The number of benzene rings is 2. The monoisotopic (exact) mass is 319 g/mol. The molecule has 122 valence electrons. The fourth-order valence-electron chi connectivity index (χ4n) is 3.46. The molecule has 0 bridgehead atoms. The molecule has 0 atom stereocenters. The Balaban J connectivity index is 1.65. The van der Waals surface area contributed by atoms with Crippen LogP contribution in [0.15, 0.2) is 48.5 Å². The highest BCUT2D eigenvalue weighted by Gasteiger charge is 2.20. The summed E-state index contributed by atoms with van der Waals surface area (Å²) >= 11 is 0. The van der Waals surface area contributed by atoms with Crippen LogP contribution in [-0.2, 0) is 0 Å². The molecule has 24 heavy (non-hydrogen) atoms. The van der Waals surface area contributed by atoms with Crippen molar-refractivity contribution in [2.24, 2.45) is 0 Å². The third kappa shape index (κ3) is 2.80. The Morgan fingerprint density at radius 3 is 2.54 bits per heavy atom. The first kappa shape index (κ1) is 14.9. The lowest BCUT2D eigenvalue weighted by Gasteiger charge is -2.18. The molecule has 1 saturated heterocycles. The summed E-state index contributed by atoms with van der Waals surface area (Å²) < 4.78 is 0. The van der Waals surface area contributed by atoms with Gasteiger partial charge in [-0.3, -0.25) is 9.89 Å². The van der Waals surface area contributed by atoms with E-state index >= 15 is 0 Å². The van der Waals surface area contributed by atoms with Crippen LogP contribution in [-0.4, -0.2) is 34.1 Å². The summed E-state index contributed by atoms with van der Waals surface area (Å²) in [5, 5.41) is 9.68. The van der Waals surface area contributed by atoms with E-state index in [9.17, 15) is 4.79 Å². The number of carbonyl (C=O) groups is 1. The number of amides is 1. The number of nitrogens with zero attached hydrogens (tertiary/aromatic N) is 2. The first-order valence-electron chi connectivity index (χ1n) is 8.66. The van der Waals surface area contributed by atoms with E-state index in [0.717, 1.165) is 42.6 Å². The minimum atomic E-state index is 0.0656. The van der Waals surface area contributed by atoms with Gasteiger partial charge in [0, 0.05) is 18.7 Å². The second-order valence-corrected chi connectivity index (χ2v) is 6.40. The molecule has 0 radical (unpaired) electrons. The third-order valence-electron chi connectivity index (χ3n) is 4.77. The molecule has 1 amide bonds. The fourth-order valence-corrected chi connectivity index (χ4v) is 3.46. The molecule has 2 aromatic carbocycles. The molecule has 1 N–H and O–H groups in total. The number of carbonyl (C=O) groups excluding carboxylic acids is 1. The lowest BCUT2D eigenvalue weighted by molar-refractivity contribution is 0.0755. The number of likely N-dealkylation sites (tertiary alicyclic amines) is 1. The quantitative estimate of drug-likeness (QED) is 0.768. The van der Waals surface area contributed by atoms with Gasteiger partial charge < -0.3 is 4.90 Å². The molecule has 3 aromatic rings. The van der Waals surface area contributed by atoms with Crippen molar-refractivity contribution in [3.8, 4) is 11.3 Å². The minimum Gasteiger partial charge on any atom is -0.337 e. The first-order valence-corrected chi connectivity index (χ1v) is 8.66. The van der Waals surface area contributed by atoms with Crippen molar-refractivity contribution in [3.05, 3.63) is 54.2 Å². The molecule has 1 fully saturated rings. The highest BCUT2D eigenvalue weighted by atomic mass is 16.2. The summed E-state index contributed by atoms with van der Waals surface area (Å²) in [6.45, 7) is 1.70. The van der Waals surface area contributed by atoms with E-state index in [1.54, 1.807) is 0 Å². The van der Waals surface area contributed by atoms with E-state index in [0.29, 0.717) is 5.69 Å². The second kappa shape index (κ2) is 6.48. The van der Waals surface area contributed by atoms with Gasteiger partial charge in [0.15, 0.2) is 0 Å². The Labute approximate surface area is 141 Å². The lowest BCUT2D eigenvalue weighted by atomic mass is 10.0. The molecule has 0 spiro atoms. The molecule has 4 rings (SSSR count). The molecule has 4 heteroatoms. The maximum absolute atomic E-state index is 12.7. The van der Waals surface area contributed by atoms with Crippen molar-refractivity contribution in [2.45, 2.75) is 25.7 Å². The van der Waals surface area contributed by atoms with Gasteiger partial charge in [0.25, 0.3) is 5.91 Å². The van der Waals surface area contributed by atoms with Crippen LogP contribution < -0.4 is 0 Å². The van der Waals surface area contributed by atoms with Crippen LogP contribution in [0.1, 0.15) is 36.2 Å². The van der Waals surface area contributed by atoms with Gasteiger partial charge in [-0.2, -0.15) is 5.10 Å². The van der Waals surface area contributed by atoms with Crippen LogP contribution in [0.3, 0.4) is 0 Å². The molecule has 0 aliphatic carbocycles. The van der Waals surface area contributed by atoms with E-state index in [-0.39, 0.29) is 5.91 Å². The molecule has 1 aliphatic rings. The Hall–Kier alpha value is -2.62. The van der Waals surface area contributed by atoms with Crippen molar-refractivity contribution in [3.63, 3.8) is 0 Å². The zero-order valence-electron chi connectivity index (χ0n) is 13.7. The van der Waals surface area contributed by atoms with Crippen LogP contribution in [0.5, 0.6) is 0 Å². The van der Waals surface area contributed by atoms with Crippen molar-refractivity contribution in [2.75, 3.05) is 13.1 Å². The molecule has 1 aromatic heterocycles. The SMILES string of the molecule is O=C(c1cc(-c2cccc3ccccc23)n[nH]1)N1CCCCCC1. The number of hydrogen-bond acceptors (Lipinski definition) is 2. The van der Waals surface area contributed by atoms with E-state index < -0.39 is 0 Å². The van der Waals surface area contributed by atoms with Gasteiger partial charge in [0.2, 0.25) is 0 Å². The Kier molecular flexibility index (Phi) is 4.03. The van der Waals surface area contributed by atoms with Gasteiger partial charge in [-0.05, 0) is 29.7 Å². The molecular weight excluding hydrogens is 298 g/mol. The lowest BCUT2D eigenvalue weighted by Crippen LogP contribution is -2.32. The van der Waals surface area contributed by atoms with Gasteiger partial charge in [-0.1, -0.05) is 55.3 Å². The summed E-state index contributed by atoms with van der Waals surface area (Å²) in [5.41, 5.74) is 2.46. The number of aromatic amines is 1. The standard InChI is InChI=1S/C20H21N3O/c24-20(23-12-5-1-2-6-13-23)19-14-18(21-22-19)17-11-7-9-15-8-3-4-10-16(15)17/h3-4,7-11,14H,1-2,5-6,12-13H2,(H,21,22). The van der Waals surface area contributed by atoms with Crippen molar-refractivity contribution in [1.29, 1.82) is 0 Å². The smallest absolute Gasteiger partial charge is 0.271 e. The molecule has 0 saturated carbocycles. The summed E-state index contributed by atoms with van der Waals surface area (Å²) in [5.74, 6) is 0.0656. The summed E-state index contributed by atoms with van der Waals surface area (Å²) in [6, 6.07) is 16.3. The van der Waals surface area contributed by atoms with Crippen molar-refractivity contribution < 1.29 is 4.79 Å². The highest BCUT2D eigenvalue weighted by Crippen LogP contribution is 2.27. The van der Waals surface area contributed by atoms with E-state index in [1.165, 1.54) is 18.2 Å². The average molecular weight is 319 g/mol. The number of H-pyrrole nitrogens is 1. The predicted molar refractivity (Wildman–Crippen MR) is 95.9 cm³/mol. The fraction of sp³-hybridized carbons (Fsp3) is 0.300. The summed E-state index contributed by atoms with van der Waals surface area (Å²) in [7, 11) is 0. The number of hydrogen-bond donors (Lipinski definition) is 1. The van der Waals surface area contributed by atoms with Gasteiger partial charge in [-0.25, -0.2) is 0 Å². The third-order valence-corrected chi connectivity index (χ3v) is 4.77. The van der Waals surface area contributed by atoms with Crippen molar-refractivity contribution >= 4 is 16.7 Å². The molecule has 1 aliphatic heterocycles. The van der Waals surface area contributed by atoms with Gasteiger partial charge in [0.1, 0.15) is 5.69 Å². The zero-order chi connectivity index (χ0) is 16.4. The van der Waals surface area contributed by atoms with Crippen LogP contribution in [0.25, 0.3) is 22.0 Å². The average Bonchev–Trinajstić information content (AvgIpc) is 2.95. The topological polar surface area (TPSA) is 49.0 Å². The Bertz CT molecular complexity index is 855. The summed E-state index contributed by atoms with van der Waals surface area (Å²) in [6.07, 6.45) is 4.62. The van der Waals surface area contributed by atoms with Gasteiger partial charge in [-0.15, -0.1) is 0 Å². The van der Waals surface area contributed by atoms with E-state index in [2.05, 4.69) is 34.5 Å². The Morgan fingerprint density at radius 1 is 0.958 bits per heavy atom. The van der Waals surface area contributed by atoms with Gasteiger partial charge in [0.05, 0.1) is 5.69 Å². The molecule has 4 nitrogen and oxygen atoms in total. The molecular formula is C20H21N3O. The number of nitrogens with one attached hydrogen (secondary N) is 1. The van der Waals surface area contributed by atoms with Crippen LogP contribution in [0.4, 0.5) is 0 Å². The molecule has 2 heterocycles. The van der Waals surface area contributed by atoms with Crippen LogP contribution in [0, 0.1) is 0 Å². The van der Waals surface area contributed by atoms with Crippen LogP contribution >= 0.6 is 0 Å². The number of fused-ring (bicyclic) bond motifs is 1. The Morgan fingerprint density at radius 2 is 1.71 bits per heavy atom. The maximum atomic E-state index is 12.7. The predicted octanol–water partition coefficient (Wildman–Crippen LogP) is 4.25. The number of aromatic nitrogens is 2. The largest absolute Gasteiger partial charge is 0.337 e.